The van der Waals surface area contributed by atoms with Crippen LogP contribution in [0.1, 0.15) is 25.3 Å². The molecule has 0 heterocycles. The van der Waals surface area contributed by atoms with E-state index in [2.05, 4.69) is 0 Å². The van der Waals surface area contributed by atoms with E-state index in [1.54, 1.807) is 12.1 Å². The Morgan fingerprint density at radius 3 is 2.50 bits per heavy atom. The second-order valence-electron chi connectivity index (χ2n) is 3.60. The first-order chi connectivity index (χ1) is 7.58. The zero-order valence-electron chi connectivity index (χ0n) is 9.52. The Morgan fingerprint density at radius 2 is 2.00 bits per heavy atom. The number of benzene rings is 1. The normalized spacial score (nSPS) is 10.0. The lowest BCUT2D eigenvalue weighted by molar-refractivity contribution is -0.141. The molecule has 1 rings (SSSR count). The van der Waals surface area contributed by atoms with Crippen LogP contribution in [0.25, 0.3) is 0 Å². The molecule has 0 fully saturated rings. The van der Waals surface area contributed by atoms with Crippen LogP contribution in [0.4, 0.5) is 0 Å². The van der Waals surface area contributed by atoms with Crippen molar-refractivity contribution in [2.75, 3.05) is 7.11 Å². The Bertz CT molecular complexity index is 396. The topological polar surface area (TPSA) is 52.6 Å². The van der Waals surface area contributed by atoms with Crippen molar-refractivity contribution >= 4 is 12.3 Å². The molecule has 0 aromatic heterocycles. The monoisotopic (exact) mass is 222 g/mol. The number of hydrogen-bond donors (Lipinski definition) is 0. The summed E-state index contributed by atoms with van der Waals surface area (Å²) in [5, 5.41) is 0. The van der Waals surface area contributed by atoms with E-state index in [1.807, 2.05) is 19.9 Å². The molecule has 0 saturated heterocycles. The van der Waals surface area contributed by atoms with Gasteiger partial charge in [0, 0.05) is 0 Å². The minimum Gasteiger partial charge on any atom is -0.493 e. The second kappa shape index (κ2) is 5.30. The van der Waals surface area contributed by atoms with Crippen LogP contribution in [0.3, 0.4) is 0 Å². The third kappa shape index (κ3) is 2.82. The van der Waals surface area contributed by atoms with Crippen molar-refractivity contribution in [2.24, 2.45) is 0 Å². The SMILES string of the molecule is COc1cc(C(C)C)ccc1OC(=O)C=O. The standard InChI is InChI=1S/C12H14O4/c1-8(2)9-4-5-10(11(6-9)15-3)16-12(14)7-13/h4-8H,1-3H3. The van der Waals surface area contributed by atoms with E-state index in [0.717, 1.165) is 5.56 Å². The number of hydrogen-bond acceptors (Lipinski definition) is 4. The third-order valence-corrected chi connectivity index (χ3v) is 2.16. The van der Waals surface area contributed by atoms with Gasteiger partial charge in [0.15, 0.2) is 11.5 Å². The highest BCUT2D eigenvalue weighted by atomic mass is 16.6. The molecule has 0 spiro atoms. The summed E-state index contributed by atoms with van der Waals surface area (Å²) in [6.07, 6.45) is 0.121. The number of esters is 1. The Labute approximate surface area is 94.2 Å². The molecular weight excluding hydrogens is 208 g/mol. The molecule has 0 aliphatic heterocycles. The molecule has 86 valence electrons. The molecule has 0 bridgehead atoms. The molecule has 1 aromatic carbocycles. The van der Waals surface area contributed by atoms with Gasteiger partial charge in [-0.1, -0.05) is 19.9 Å². The number of methoxy groups -OCH3 is 1. The van der Waals surface area contributed by atoms with Crippen molar-refractivity contribution in [3.63, 3.8) is 0 Å². The Kier molecular flexibility index (Phi) is 4.05. The van der Waals surface area contributed by atoms with E-state index in [-0.39, 0.29) is 12.0 Å². The molecule has 0 aliphatic carbocycles. The highest BCUT2D eigenvalue weighted by Gasteiger charge is 2.11. The van der Waals surface area contributed by atoms with Crippen LogP contribution >= 0.6 is 0 Å². The Morgan fingerprint density at radius 1 is 1.31 bits per heavy atom. The van der Waals surface area contributed by atoms with Crippen molar-refractivity contribution in [3.05, 3.63) is 23.8 Å². The van der Waals surface area contributed by atoms with E-state index < -0.39 is 5.97 Å². The molecule has 4 heteroatoms. The van der Waals surface area contributed by atoms with E-state index in [1.165, 1.54) is 7.11 Å². The summed E-state index contributed by atoms with van der Waals surface area (Å²) < 4.78 is 9.88. The molecule has 16 heavy (non-hydrogen) atoms. The van der Waals surface area contributed by atoms with E-state index in [0.29, 0.717) is 11.7 Å². The van der Waals surface area contributed by atoms with Gasteiger partial charge in [-0.15, -0.1) is 0 Å². The van der Waals surface area contributed by atoms with Gasteiger partial charge < -0.3 is 9.47 Å². The molecule has 0 atom stereocenters. The molecule has 0 saturated carbocycles. The van der Waals surface area contributed by atoms with Gasteiger partial charge in [0.1, 0.15) is 0 Å². The van der Waals surface area contributed by atoms with Crippen LogP contribution in [0.15, 0.2) is 18.2 Å². The van der Waals surface area contributed by atoms with Gasteiger partial charge in [0.2, 0.25) is 6.29 Å². The van der Waals surface area contributed by atoms with Crippen LogP contribution in [-0.2, 0) is 9.59 Å². The van der Waals surface area contributed by atoms with Crippen molar-refractivity contribution < 1.29 is 19.1 Å². The minimum absolute atomic E-state index is 0.121. The summed E-state index contributed by atoms with van der Waals surface area (Å²) in [5.74, 6) is 0.116. The smallest absolute Gasteiger partial charge is 0.376 e. The zero-order chi connectivity index (χ0) is 12.1. The third-order valence-electron chi connectivity index (χ3n) is 2.16. The maximum absolute atomic E-state index is 10.8. The predicted molar refractivity (Wildman–Crippen MR) is 58.8 cm³/mol. The number of carbonyl (C=O) groups is 2. The van der Waals surface area contributed by atoms with Gasteiger partial charge in [-0.2, -0.15) is 0 Å². The maximum atomic E-state index is 10.8. The molecular formula is C12H14O4. The average Bonchev–Trinajstić information content (AvgIpc) is 2.29. The fourth-order valence-electron chi connectivity index (χ4n) is 1.26. The van der Waals surface area contributed by atoms with Crippen LogP contribution in [-0.4, -0.2) is 19.4 Å². The van der Waals surface area contributed by atoms with E-state index >= 15 is 0 Å². The lowest BCUT2D eigenvalue weighted by Gasteiger charge is -2.11. The first kappa shape index (κ1) is 12.2. The fraction of sp³-hybridized carbons (Fsp3) is 0.333. The lowest BCUT2D eigenvalue weighted by Crippen LogP contribution is -2.09. The van der Waals surface area contributed by atoms with Crippen molar-refractivity contribution in [1.29, 1.82) is 0 Å². The van der Waals surface area contributed by atoms with Crippen molar-refractivity contribution in [2.45, 2.75) is 19.8 Å². The van der Waals surface area contributed by atoms with Crippen molar-refractivity contribution in [1.82, 2.24) is 0 Å². The lowest BCUT2D eigenvalue weighted by atomic mass is 10.0. The fourth-order valence-corrected chi connectivity index (χ4v) is 1.26. The average molecular weight is 222 g/mol. The molecule has 0 N–H and O–H groups in total. The Hall–Kier alpha value is -1.84. The van der Waals surface area contributed by atoms with Crippen LogP contribution in [0, 0.1) is 0 Å². The summed E-state index contributed by atoms with van der Waals surface area (Å²) in [7, 11) is 1.48. The quantitative estimate of drug-likeness (QED) is 0.338. The largest absolute Gasteiger partial charge is 0.493 e. The summed E-state index contributed by atoms with van der Waals surface area (Å²) in [6.45, 7) is 4.09. The highest BCUT2D eigenvalue weighted by molar-refractivity contribution is 6.21. The molecule has 1 aromatic rings. The van der Waals surface area contributed by atoms with Gasteiger partial charge >= 0.3 is 5.97 Å². The maximum Gasteiger partial charge on any atom is 0.376 e. The predicted octanol–water partition coefficient (Wildman–Crippen LogP) is 1.92. The highest BCUT2D eigenvalue weighted by Crippen LogP contribution is 2.30. The number of aldehydes is 1. The van der Waals surface area contributed by atoms with Gasteiger partial charge in [0.25, 0.3) is 0 Å². The van der Waals surface area contributed by atoms with Crippen molar-refractivity contribution in [3.8, 4) is 11.5 Å². The molecule has 0 radical (unpaired) electrons. The first-order valence-electron chi connectivity index (χ1n) is 4.93. The summed E-state index contributed by atoms with van der Waals surface area (Å²) in [4.78, 5) is 21.0. The van der Waals surface area contributed by atoms with Gasteiger partial charge in [-0.25, -0.2) is 4.79 Å². The molecule has 0 unspecified atom stereocenters. The number of rotatable bonds is 4. The van der Waals surface area contributed by atoms with Crippen LogP contribution in [0.5, 0.6) is 11.5 Å². The zero-order valence-corrected chi connectivity index (χ0v) is 9.52. The van der Waals surface area contributed by atoms with Gasteiger partial charge in [-0.3, -0.25) is 4.79 Å². The summed E-state index contributed by atoms with van der Waals surface area (Å²) >= 11 is 0. The number of ether oxygens (including phenoxy) is 2. The van der Waals surface area contributed by atoms with Crippen LogP contribution in [0.2, 0.25) is 0 Å². The summed E-state index contributed by atoms with van der Waals surface area (Å²) in [6, 6.07) is 5.24. The van der Waals surface area contributed by atoms with Gasteiger partial charge in [0.05, 0.1) is 7.11 Å². The van der Waals surface area contributed by atoms with Crippen LogP contribution < -0.4 is 9.47 Å². The Balaban J connectivity index is 3.01. The van der Waals surface area contributed by atoms with Gasteiger partial charge in [-0.05, 0) is 23.6 Å². The number of carbonyl (C=O) groups excluding carboxylic acids is 2. The van der Waals surface area contributed by atoms with E-state index in [4.69, 9.17) is 9.47 Å². The molecule has 0 amide bonds. The van der Waals surface area contributed by atoms with E-state index in [9.17, 15) is 9.59 Å². The summed E-state index contributed by atoms with van der Waals surface area (Å²) in [5.41, 5.74) is 1.07. The second-order valence-corrected chi connectivity index (χ2v) is 3.60. The first-order valence-corrected chi connectivity index (χ1v) is 4.93. The minimum atomic E-state index is -0.935. The molecule has 4 nitrogen and oxygen atoms in total. The molecule has 0 aliphatic rings.